The van der Waals surface area contributed by atoms with Crippen molar-refractivity contribution in [3.63, 3.8) is 0 Å². The lowest BCUT2D eigenvalue weighted by Gasteiger charge is -2.20. The van der Waals surface area contributed by atoms with Gasteiger partial charge in [0.05, 0.1) is 0 Å². The monoisotopic (exact) mass is 343 g/mol. The van der Waals surface area contributed by atoms with Gasteiger partial charge in [0, 0.05) is 31.8 Å². The summed E-state index contributed by atoms with van der Waals surface area (Å²) in [5.41, 5.74) is 1.14. The van der Waals surface area contributed by atoms with Gasteiger partial charge < -0.3 is 5.32 Å². The number of hydrogen-bond donors (Lipinski definition) is 1. The Balaban J connectivity index is 2.08. The normalized spacial score (nSPS) is 14.4. The molecule has 96 valence electrons. The molecule has 0 spiro atoms. The fourth-order valence-corrected chi connectivity index (χ4v) is 3.69. The highest BCUT2D eigenvalue weighted by Crippen LogP contribution is 2.29. The molecule has 0 saturated heterocycles. The molecule has 2 atom stereocenters. The van der Waals surface area contributed by atoms with E-state index in [1.807, 2.05) is 18.2 Å². The average molecular weight is 345 g/mol. The number of halogens is 2. The van der Waals surface area contributed by atoms with E-state index in [2.05, 4.69) is 52.6 Å². The van der Waals surface area contributed by atoms with Crippen LogP contribution in [0, 0.1) is 0 Å². The first-order valence-electron chi connectivity index (χ1n) is 5.82. The van der Waals surface area contributed by atoms with Crippen molar-refractivity contribution in [1.29, 1.82) is 0 Å². The third-order valence-electron chi connectivity index (χ3n) is 2.89. The van der Waals surface area contributed by atoms with Crippen LogP contribution in [0.3, 0.4) is 0 Å². The summed E-state index contributed by atoms with van der Waals surface area (Å²) in [6.07, 6.45) is 0. The molecular formula is C14H15BrClNS. The van der Waals surface area contributed by atoms with E-state index in [4.69, 9.17) is 11.6 Å². The molecule has 0 aliphatic carbocycles. The maximum atomic E-state index is 6.21. The number of benzene rings is 1. The van der Waals surface area contributed by atoms with Crippen LogP contribution >= 0.6 is 38.9 Å². The summed E-state index contributed by atoms with van der Waals surface area (Å²) in [5, 5.41) is 6.49. The van der Waals surface area contributed by atoms with Gasteiger partial charge in [0.25, 0.3) is 0 Å². The van der Waals surface area contributed by atoms with Crippen molar-refractivity contribution in [2.45, 2.75) is 25.9 Å². The summed E-state index contributed by atoms with van der Waals surface area (Å²) in [7, 11) is 0. The van der Waals surface area contributed by atoms with Crippen molar-refractivity contribution in [2.75, 3.05) is 0 Å². The molecule has 1 heterocycles. The smallest absolute Gasteiger partial charge is 0.0453 e. The Hall–Kier alpha value is -0.350. The number of rotatable bonds is 4. The molecule has 2 aromatic rings. The molecule has 18 heavy (non-hydrogen) atoms. The maximum absolute atomic E-state index is 6.21. The molecule has 0 radical (unpaired) electrons. The van der Waals surface area contributed by atoms with Crippen LogP contribution in [0.1, 0.15) is 36.4 Å². The molecule has 1 aromatic carbocycles. The molecule has 0 fully saturated rings. The summed E-state index contributed by atoms with van der Waals surface area (Å²) >= 11 is 11.4. The molecule has 0 aliphatic heterocycles. The Kier molecular flexibility index (Phi) is 4.84. The van der Waals surface area contributed by atoms with E-state index in [-0.39, 0.29) is 6.04 Å². The fourth-order valence-electron chi connectivity index (χ4n) is 1.93. The molecule has 2 rings (SSSR count). The summed E-state index contributed by atoms with van der Waals surface area (Å²) in [6, 6.07) is 10.7. The second-order valence-corrected chi connectivity index (χ2v) is 6.56. The van der Waals surface area contributed by atoms with Crippen LogP contribution < -0.4 is 5.32 Å². The molecule has 1 unspecified atom stereocenters. The molecule has 0 bridgehead atoms. The minimum absolute atomic E-state index is 0.231. The van der Waals surface area contributed by atoms with Gasteiger partial charge in [-0.3, -0.25) is 0 Å². The van der Waals surface area contributed by atoms with Crippen LogP contribution in [-0.2, 0) is 0 Å². The van der Waals surface area contributed by atoms with Crippen LogP contribution in [0.4, 0.5) is 0 Å². The third-order valence-corrected chi connectivity index (χ3v) is 5.11. The van der Waals surface area contributed by atoms with Gasteiger partial charge >= 0.3 is 0 Å². The van der Waals surface area contributed by atoms with Gasteiger partial charge in [0.1, 0.15) is 0 Å². The SMILES string of the molecule is CC(N[C@@H](C)c1ccccc1Cl)c1cc(Br)cs1. The van der Waals surface area contributed by atoms with E-state index < -0.39 is 0 Å². The number of nitrogens with one attached hydrogen (secondary N) is 1. The zero-order valence-electron chi connectivity index (χ0n) is 10.3. The molecule has 4 heteroatoms. The quantitative estimate of drug-likeness (QED) is 0.764. The third kappa shape index (κ3) is 3.35. The first kappa shape index (κ1) is 14.1. The Morgan fingerprint density at radius 1 is 1.22 bits per heavy atom. The van der Waals surface area contributed by atoms with E-state index in [9.17, 15) is 0 Å². The van der Waals surface area contributed by atoms with Gasteiger partial charge in [-0.15, -0.1) is 11.3 Å². The Morgan fingerprint density at radius 3 is 2.56 bits per heavy atom. The van der Waals surface area contributed by atoms with Crippen LogP contribution in [0.2, 0.25) is 5.02 Å². The van der Waals surface area contributed by atoms with Gasteiger partial charge in [-0.25, -0.2) is 0 Å². The maximum Gasteiger partial charge on any atom is 0.0453 e. The van der Waals surface area contributed by atoms with Crippen molar-refractivity contribution in [2.24, 2.45) is 0 Å². The Labute approximate surface area is 125 Å². The molecule has 1 aromatic heterocycles. The van der Waals surface area contributed by atoms with E-state index >= 15 is 0 Å². The molecule has 1 nitrogen and oxygen atoms in total. The topological polar surface area (TPSA) is 12.0 Å². The van der Waals surface area contributed by atoms with Gasteiger partial charge in [-0.1, -0.05) is 29.8 Å². The highest BCUT2D eigenvalue weighted by molar-refractivity contribution is 9.10. The van der Waals surface area contributed by atoms with Gasteiger partial charge in [0.15, 0.2) is 0 Å². The van der Waals surface area contributed by atoms with Crippen molar-refractivity contribution in [1.82, 2.24) is 5.32 Å². The van der Waals surface area contributed by atoms with Crippen molar-refractivity contribution >= 4 is 38.9 Å². The molecular weight excluding hydrogens is 330 g/mol. The molecule has 1 N–H and O–H groups in total. The second kappa shape index (κ2) is 6.20. The minimum Gasteiger partial charge on any atom is -0.303 e. The number of hydrogen-bond acceptors (Lipinski definition) is 2. The second-order valence-electron chi connectivity index (χ2n) is 4.30. The molecule has 0 saturated carbocycles. The minimum atomic E-state index is 0.231. The highest BCUT2D eigenvalue weighted by Gasteiger charge is 2.14. The molecule has 0 aliphatic rings. The van der Waals surface area contributed by atoms with Crippen molar-refractivity contribution in [3.8, 4) is 0 Å². The predicted molar refractivity (Wildman–Crippen MR) is 83.4 cm³/mol. The Morgan fingerprint density at radius 2 is 1.94 bits per heavy atom. The van der Waals surface area contributed by atoms with Gasteiger partial charge in [-0.2, -0.15) is 0 Å². The molecule has 0 amide bonds. The zero-order chi connectivity index (χ0) is 13.1. The first-order chi connectivity index (χ1) is 8.58. The summed E-state index contributed by atoms with van der Waals surface area (Å²) in [6.45, 7) is 4.31. The number of thiophene rings is 1. The van der Waals surface area contributed by atoms with Crippen LogP contribution in [0.15, 0.2) is 40.2 Å². The summed E-state index contributed by atoms with van der Waals surface area (Å²) < 4.78 is 1.14. The summed E-state index contributed by atoms with van der Waals surface area (Å²) in [4.78, 5) is 1.32. The summed E-state index contributed by atoms with van der Waals surface area (Å²) in [5.74, 6) is 0. The standard InChI is InChI=1S/C14H15BrClNS/c1-9(12-5-3-4-6-13(12)16)17-10(2)14-7-11(15)8-18-14/h3-10,17H,1-2H3/t9-,10?/m0/s1. The van der Waals surface area contributed by atoms with Gasteiger partial charge in [-0.05, 0) is 47.5 Å². The van der Waals surface area contributed by atoms with E-state index in [0.717, 1.165) is 15.1 Å². The first-order valence-corrected chi connectivity index (χ1v) is 7.87. The van der Waals surface area contributed by atoms with E-state index in [1.165, 1.54) is 4.88 Å². The average Bonchev–Trinajstić information content (AvgIpc) is 2.76. The van der Waals surface area contributed by atoms with Crippen LogP contribution in [0.25, 0.3) is 0 Å². The van der Waals surface area contributed by atoms with Crippen molar-refractivity contribution in [3.05, 3.63) is 55.6 Å². The van der Waals surface area contributed by atoms with Crippen LogP contribution in [-0.4, -0.2) is 0 Å². The van der Waals surface area contributed by atoms with Gasteiger partial charge in [0.2, 0.25) is 0 Å². The van der Waals surface area contributed by atoms with E-state index in [1.54, 1.807) is 11.3 Å². The largest absolute Gasteiger partial charge is 0.303 e. The fraction of sp³-hybridized carbons (Fsp3) is 0.286. The lowest BCUT2D eigenvalue weighted by Crippen LogP contribution is -2.22. The lowest BCUT2D eigenvalue weighted by molar-refractivity contribution is 0.500. The highest BCUT2D eigenvalue weighted by atomic mass is 79.9. The Bertz CT molecular complexity index is 526. The van der Waals surface area contributed by atoms with E-state index in [0.29, 0.717) is 6.04 Å². The van der Waals surface area contributed by atoms with Crippen molar-refractivity contribution < 1.29 is 0 Å². The van der Waals surface area contributed by atoms with Crippen LogP contribution in [0.5, 0.6) is 0 Å². The predicted octanol–water partition coefficient (Wildman–Crippen LogP) is 5.58. The lowest BCUT2D eigenvalue weighted by atomic mass is 10.1. The zero-order valence-corrected chi connectivity index (χ0v) is 13.4.